The Labute approximate surface area is 90.1 Å². The van der Waals surface area contributed by atoms with E-state index in [0.29, 0.717) is 6.32 Å². The van der Waals surface area contributed by atoms with Gasteiger partial charge in [0.1, 0.15) is 5.75 Å². The van der Waals surface area contributed by atoms with Gasteiger partial charge in [0.15, 0.2) is 0 Å². The zero-order valence-electron chi connectivity index (χ0n) is 7.71. The van der Waals surface area contributed by atoms with E-state index in [2.05, 4.69) is 0 Å². The van der Waals surface area contributed by atoms with Crippen molar-refractivity contribution in [1.29, 1.82) is 1.34 Å². The van der Waals surface area contributed by atoms with Crippen molar-refractivity contribution in [3.63, 3.8) is 0 Å². The summed E-state index contributed by atoms with van der Waals surface area (Å²) >= 11 is 0. The zero-order valence-corrected chi connectivity index (χ0v) is 10.7. The Bertz CT molecular complexity index is 215. The number of ether oxygens (including phenoxy) is 1. The van der Waals surface area contributed by atoms with Crippen LogP contribution in [0.4, 0.5) is 0 Å². The molecule has 0 aromatic heterocycles. The van der Waals surface area contributed by atoms with Crippen molar-refractivity contribution in [2.24, 2.45) is 0 Å². The van der Waals surface area contributed by atoms with E-state index in [1.807, 2.05) is 24.3 Å². The SMILES string of the molecule is [2H][B]Cc1ccc(OC)cc1.[Cd]. The van der Waals surface area contributed by atoms with Crippen molar-refractivity contribution in [3.05, 3.63) is 29.8 Å². The van der Waals surface area contributed by atoms with Gasteiger partial charge in [0, 0.05) is 27.3 Å². The fraction of sp³-hybridized carbons (Fsp3) is 0.250. The molecule has 11 heavy (non-hydrogen) atoms. The number of rotatable bonds is 3. The number of methoxy groups -OCH3 is 1. The molecule has 0 saturated carbocycles. The van der Waals surface area contributed by atoms with Gasteiger partial charge in [-0.15, -0.1) is 0 Å². The summed E-state index contributed by atoms with van der Waals surface area (Å²) in [5.41, 5.74) is 1.14. The van der Waals surface area contributed by atoms with Gasteiger partial charge in [-0.1, -0.05) is 24.0 Å². The third kappa shape index (κ3) is 3.27. The second-order valence-electron chi connectivity index (χ2n) is 2.05. The van der Waals surface area contributed by atoms with E-state index >= 15 is 0 Å². The van der Waals surface area contributed by atoms with Gasteiger partial charge in [0.25, 0.3) is 0 Å². The Kier molecular flexibility index (Phi) is 4.66. The number of hydrogen-bond acceptors (Lipinski definition) is 1. The zero-order chi connectivity index (χ0) is 8.10. The molecule has 0 unspecified atom stereocenters. The molecule has 0 spiro atoms. The van der Waals surface area contributed by atoms with Gasteiger partial charge in [0.2, 0.25) is 0 Å². The smallest absolute Gasteiger partial charge is 0.118 e. The van der Waals surface area contributed by atoms with Gasteiger partial charge in [-0.3, -0.25) is 0 Å². The molecule has 0 aliphatic heterocycles. The normalized spacial score (nSPS) is 9.36. The Morgan fingerprint density at radius 3 is 2.55 bits per heavy atom. The standard InChI is InChI=1S/C8H10BO.Cd/c1-10-8-4-2-7(6-9)3-5-8;/h2-5,9H,6H2,1H3;/i9D;. The van der Waals surface area contributed by atoms with Gasteiger partial charge in [-0.05, 0) is 13.5 Å². The van der Waals surface area contributed by atoms with E-state index in [9.17, 15) is 0 Å². The van der Waals surface area contributed by atoms with Gasteiger partial charge in [0.05, 0.1) is 14.9 Å². The van der Waals surface area contributed by atoms with Gasteiger partial charge in [-0.2, -0.15) is 0 Å². The molecule has 1 radical (unpaired) electrons. The molecular formula is C8H10BCdO. The van der Waals surface area contributed by atoms with Crippen molar-refractivity contribution < 1.29 is 32.0 Å². The molecule has 0 amide bonds. The van der Waals surface area contributed by atoms with Crippen molar-refractivity contribution in [2.75, 3.05) is 7.11 Å². The van der Waals surface area contributed by atoms with Crippen molar-refractivity contribution in [2.45, 2.75) is 6.32 Å². The molecule has 3 heteroatoms. The summed E-state index contributed by atoms with van der Waals surface area (Å²) in [7, 11) is 3.04. The molecule has 0 N–H and O–H groups in total. The van der Waals surface area contributed by atoms with E-state index in [-0.39, 0.29) is 27.3 Å². The molecule has 0 fully saturated rings. The minimum absolute atomic E-state index is 0. The molecule has 1 aromatic carbocycles. The molecule has 1 rings (SSSR count). The summed E-state index contributed by atoms with van der Waals surface area (Å²) < 4.78 is 11.9. The van der Waals surface area contributed by atoms with Crippen LogP contribution >= 0.6 is 0 Å². The van der Waals surface area contributed by atoms with Crippen LogP contribution in [0, 0.1) is 0 Å². The molecule has 0 saturated heterocycles. The third-order valence-electron chi connectivity index (χ3n) is 1.39. The quantitative estimate of drug-likeness (QED) is 0.726. The van der Waals surface area contributed by atoms with Crippen LogP contribution in [0.15, 0.2) is 24.3 Å². The summed E-state index contributed by atoms with van der Waals surface area (Å²) in [4.78, 5) is 0. The van der Waals surface area contributed by atoms with E-state index in [4.69, 9.17) is 6.07 Å². The summed E-state index contributed by atoms with van der Waals surface area (Å²) in [6.45, 7) is 0. The van der Waals surface area contributed by atoms with Crippen molar-refractivity contribution in [3.8, 4) is 5.75 Å². The van der Waals surface area contributed by atoms with E-state index in [1.165, 1.54) is 7.81 Å². The summed E-state index contributed by atoms with van der Waals surface area (Å²) in [6.07, 6.45) is 0.698. The fourth-order valence-electron chi connectivity index (χ4n) is 0.762. The molecule has 0 bridgehead atoms. The molecule has 1 nitrogen and oxygen atoms in total. The molecule has 0 heterocycles. The summed E-state index contributed by atoms with van der Waals surface area (Å²) in [5, 5.41) is 0. The van der Waals surface area contributed by atoms with Crippen molar-refractivity contribution >= 4 is 7.81 Å². The van der Waals surface area contributed by atoms with Crippen molar-refractivity contribution in [1.82, 2.24) is 0 Å². The Morgan fingerprint density at radius 2 is 2.09 bits per heavy atom. The molecule has 0 aliphatic carbocycles. The van der Waals surface area contributed by atoms with Gasteiger partial charge < -0.3 is 4.74 Å². The summed E-state index contributed by atoms with van der Waals surface area (Å²) in [6, 6.07) is 7.73. The van der Waals surface area contributed by atoms with E-state index in [0.717, 1.165) is 11.3 Å². The average Bonchev–Trinajstić information content (AvgIpc) is 2.07. The Balaban J connectivity index is 0.00000121. The largest absolute Gasteiger partial charge is 0.497 e. The second-order valence-corrected chi connectivity index (χ2v) is 2.05. The maximum atomic E-state index is 6.88. The minimum atomic E-state index is 0. The Morgan fingerprint density at radius 1 is 1.45 bits per heavy atom. The fourth-order valence-corrected chi connectivity index (χ4v) is 0.762. The third-order valence-corrected chi connectivity index (χ3v) is 1.39. The first kappa shape index (κ1) is 9.10. The maximum absolute atomic E-state index is 6.88. The molecule has 0 atom stereocenters. The second kappa shape index (κ2) is 5.63. The first-order valence-electron chi connectivity index (χ1n) is 3.77. The predicted molar refractivity (Wildman–Crippen MR) is 43.8 cm³/mol. The van der Waals surface area contributed by atoms with Crippen LogP contribution in [-0.4, -0.2) is 16.3 Å². The number of benzene rings is 1. The first-order chi connectivity index (χ1) is 5.36. The minimum Gasteiger partial charge on any atom is -0.497 e. The van der Waals surface area contributed by atoms with Crippen LogP contribution in [0.1, 0.15) is 5.56 Å². The topological polar surface area (TPSA) is 9.23 Å². The van der Waals surface area contributed by atoms with Crippen LogP contribution in [0.2, 0.25) is 0 Å². The molecule has 0 aliphatic rings. The van der Waals surface area contributed by atoms with E-state index < -0.39 is 0 Å². The molecular weight excluding hydrogens is 235 g/mol. The van der Waals surface area contributed by atoms with Crippen LogP contribution in [0.3, 0.4) is 0 Å². The molecule has 53 valence electrons. The average molecular weight is 246 g/mol. The Hall–Kier alpha value is 0.00701. The predicted octanol–water partition coefficient (Wildman–Crippen LogP) is 1.09. The summed E-state index contributed by atoms with van der Waals surface area (Å²) in [5.74, 6) is 0.860. The number of hydrogen-bond donors (Lipinski definition) is 0. The van der Waals surface area contributed by atoms with Crippen LogP contribution in [0.25, 0.3) is 0 Å². The van der Waals surface area contributed by atoms with Crippen LogP contribution in [-0.2, 0) is 33.6 Å². The van der Waals surface area contributed by atoms with Gasteiger partial charge in [-0.25, -0.2) is 0 Å². The monoisotopic (exact) mass is 248 g/mol. The first-order valence-corrected chi connectivity index (χ1v) is 3.20. The van der Waals surface area contributed by atoms with Crippen LogP contribution < -0.4 is 4.74 Å². The van der Waals surface area contributed by atoms with Crippen LogP contribution in [0.5, 0.6) is 5.75 Å². The van der Waals surface area contributed by atoms with Gasteiger partial charge >= 0.3 is 0 Å². The maximum Gasteiger partial charge on any atom is 0.118 e. The van der Waals surface area contributed by atoms with E-state index in [1.54, 1.807) is 7.11 Å². The molecule has 1 aromatic rings.